The van der Waals surface area contributed by atoms with Crippen LogP contribution in [0.25, 0.3) is 0 Å². The molecule has 0 bridgehead atoms. The van der Waals surface area contributed by atoms with E-state index in [9.17, 15) is 19.2 Å². The first-order valence-electron chi connectivity index (χ1n) is 13.8. The summed E-state index contributed by atoms with van der Waals surface area (Å²) in [4.78, 5) is 54.9. The molecule has 1 amide bonds. The Balaban J connectivity index is 1.64. The van der Waals surface area contributed by atoms with Crippen LogP contribution in [0.15, 0.2) is 38.9 Å². The van der Waals surface area contributed by atoms with E-state index in [4.69, 9.17) is 9.47 Å². The summed E-state index contributed by atoms with van der Waals surface area (Å²) in [6, 6.07) is 3.62. The van der Waals surface area contributed by atoms with Gasteiger partial charge in [0.2, 0.25) is 5.91 Å². The molecule has 4 rings (SSSR count). The molecule has 0 radical (unpaired) electrons. The highest BCUT2D eigenvalue weighted by atomic mass is 16.5. The molecule has 2 aromatic rings. The molecule has 1 saturated heterocycles. The van der Waals surface area contributed by atoms with Crippen LogP contribution >= 0.6 is 0 Å². The monoisotopic (exact) mass is 543 g/mol. The maximum absolute atomic E-state index is 14.1. The molecular formula is C28H41N5O6. The highest BCUT2D eigenvalue weighted by Crippen LogP contribution is 2.35. The van der Waals surface area contributed by atoms with Crippen molar-refractivity contribution in [2.24, 2.45) is 13.0 Å². The molecule has 1 N–H and O–H groups in total. The van der Waals surface area contributed by atoms with E-state index in [-0.39, 0.29) is 53.7 Å². The predicted octanol–water partition coefficient (Wildman–Crippen LogP) is 0.666. The number of rotatable bonds is 13. The summed E-state index contributed by atoms with van der Waals surface area (Å²) in [6.07, 6.45) is 7.05. The number of aromatic nitrogens is 3. The number of hydrogen-bond donors (Lipinski definition) is 1. The average molecular weight is 544 g/mol. The van der Waals surface area contributed by atoms with Gasteiger partial charge in [-0.3, -0.25) is 23.5 Å². The molecule has 39 heavy (non-hydrogen) atoms. The van der Waals surface area contributed by atoms with Crippen LogP contribution in [-0.2, 0) is 41.0 Å². The number of ether oxygens (including phenoxy) is 2. The van der Waals surface area contributed by atoms with Gasteiger partial charge in [0.15, 0.2) is 0 Å². The summed E-state index contributed by atoms with van der Waals surface area (Å²) in [7, 11) is 4.91. The molecule has 2 fully saturated rings. The van der Waals surface area contributed by atoms with E-state index >= 15 is 0 Å². The lowest BCUT2D eigenvalue weighted by atomic mass is 9.80. The Morgan fingerprint density at radius 1 is 1.08 bits per heavy atom. The predicted molar refractivity (Wildman–Crippen MR) is 147 cm³/mol. The molecule has 1 aliphatic heterocycles. The number of hydrogen-bond acceptors (Lipinski definition) is 7. The van der Waals surface area contributed by atoms with Crippen molar-refractivity contribution >= 4 is 5.91 Å². The van der Waals surface area contributed by atoms with Crippen molar-refractivity contribution in [2.45, 2.75) is 63.7 Å². The molecule has 11 nitrogen and oxygen atoms in total. The van der Waals surface area contributed by atoms with Gasteiger partial charge in [0, 0.05) is 78.6 Å². The van der Waals surface area contributed by atoms with E-state index < -0.39 is 0 Å². The van der Waals surface area contributed by atoms with E-state index in [1.54, 1.807) is 44.3 Å². The van der Waals surface area contributed by atoms with Crippen LogP contribution in [0, 0.1) is 5.92 Å². The van der Waals surface area contributed by atoms with Crippen LogP contribution in [0.1, 0.15) is 49.1 Å². The fourth-order valence-corrected chi connectivity index (χ4v) is 5.41. The minimum Gasteiger partial charge on any atom is -0.385 e. The van der Waals surface area contributed by atoms with E-state index in [0.717, 1.165) is 31.4 Å². The highest BCUT2D eigenvalue weighted by molar-refractivity contribution is 5.81. The molecule has 2 atom stereocenters. The zero-order valence-electron chi connectivity index (χ0n) is 23.3. The zero-order chi connectivity index (χ0) is 27.9. The molecule has 1 aliphatic carbocycles. The van der Waals surface area contributed by atoms with E-state index in [2.05, 4.69) is 5.32 Å². The highest BCUT2D eigenvalue weighted by Gasteiger charge is 2.40. The summed E-state index contributed by atoms with van der Waals surface area (Å²) < 4.78 is 14.6. The Kier molecular flexibility index (Phi) is 9.93. The third kappa shape index (κ3) is 6.95. The van der Waals surface area contributed by atoms with Crippen molar-refractivity contribution in [3.63, 3.8) is 0 Å². The van der Waals surface area contributed by atoms with Gasteiger partial charge in [-0.25, -0.2) is 4.79 Å². The summed E-state index contributed by atoms with van der Waals surface area (Å²) in [6.45, 7) is 3.03. The Bertz CT molecular complexity index is 1310. The zero-order valence-corrected chi connectivity index (χ0v) is 23.3. The summed E-state index contributed by atoms with van der Waals surface area (Å²) in [5, 5.41) is 3.35. The number of carbonyl (C=O) groups excluding carboxylic acids is 1. The van der Waals surface area contributed by atoms with Crippen LogP contribution < -0.4 is 22.1 Å². The maximum atomic E-state index is 14.1. The van der Waals surface area contributed by atoms with Crippen LogP contribution in [-0.4, -0.2) is 71.1 Å². The van der Waals surface area contributed by atoms with Gasteiger partial charge in [-0.15, -0.1) is 0 Å². The van der Waals surface area contributed by atoms with Gasteiger partial charge in [-0.1, -0.05) is 0 Å². The lowest BCUT2D eigenvalue weighted by Crippen LogP contribution is -2.48. The first-order valence-corrected chi connectivity index (χ1v) is 13.8. The van der Waals surface area contributed by atoms with Crippen molar-refractivity contribution in [3.8, 4) is 0 Å². The number of nitrogens with zero attached hydrogens (tertiary/aromatic N) is 4. The maximum Gasteiger partial charge on any atom is 0.330 e. The molecule has 3 heterocycles. The quantitative estimate of drug-likeness (QED) is 0.369. The molecule has 1 saturated carbocycles. The summed E-state index contributed by atoms with van der Waals surface area (Å²) >= 11 is 0. The number of carbonyl (C=O) groups is 1. The SMILES string of the molecule is COCCCn1cc(CN(C(=O)C2CNCC[C@@H]2c2ccn(C)c(=O)c2)C2CC2)c(=O)n(CCCOC)c1=O. The van der Waals surface area contributed by atoms with Gasteiger partial charge in [-0.2, -0.15) is 0 Å². The minimum absolute atomic E-state index is 0.0159. The van der Waals surface area contributed by atoms with Crippen molar-refractivity contribution < 1.29 is 14.3 Å². The van der Waals surface area contributed by atoms with Crippen LogP contribution in [0.3, 0.4) is 0 Å². The topological polar surface area (TPSA) is 117 Å². The first-order chi connectivity index (χ1) is 18.8. The molecule has 0 spiro atoms. The fraction of sp³-hybridized carbons (Fsp3) is 0.643. The average Bonchev–Trinajstić information content (AvgIpc) is 3.78. The number of piperidine rings is 1. The third-order valence-electron chi connectivity index (χ3n) is 7.75. The number of pyridine rings is 1. The van der Waals surface area contributed by atoms with Gasteiger partial charge in [0.25, 0.3) is 11.1 Å². The molecule has 0 aromatic carbocycles. The van der Waals surface area contributed by atoms with E-state index in [1.807, 2.05) is 11.0 Å². The van der Waals surface area contributed by atoms with E-state index in [0.29, 0.717) is 44.7 Å². The van der Waals surface area contributed by atoms with Gasteiger partial charge in [0.1, 0.15) is 0 Å². The molecular weight excluding hydrogens is 502 g/mol. The van der Waals surface area contributed by atoms with Gasteiger partial charge in [0.05, 0.1) is 18.0 Å². The van der Waals surface area contributed by atoms with E-state index in [1.165, 1.54) is 9.13 Å². The second-order valence-electron chi connectivity index (χ2n) is 10.6. The molecule has 214 valence electrons. The summed E-state index contributed by atoms with van der Waals surface area (Å²) in [5.74, 6) is -0.441. The lowest BCUT2D eigenvalue weighted by Gasteiger charge is -2.35. The Labute approximate surface area is 228 Å². The van der Waals surface area contributed by atoms with Gasteiger partial charge in [-0.05, 0) is 56.2 Å². The Hall–Kier alpha value is -3.02. The van der Waals surface area contributed by atoms with Crippen LogP contribution in [0.2, 0.25) is 0 Å². The van der Waals surface area contributed by atoms with Crippen molar-refractivity contribution in [2.75, 3.05) is 40.5 Å². The lowest BCUT2D eigenvalue weighted by molar-refractivity contribution is -0.138. The Morgan fingerprint density at radius 2 is 1.79 bits per heavy atom. The molecule has 2 aromatic heterocycles. The summed E-state index contributed by atoms with van der Waals surface area (Å²) in [5.41, 5.74) is 0.491. The van der Waals surface area contributed by atoms with Crippen LogP contribution in [0.5, 0.6) is 0 Å². The van der Waals surface area contributed by atoms with Gasteiger partial charge < -0.3 is 24.3 Å². The molecule has 2 aliphatic rings. The smallest absolute Gasteiger partial charge is 0.330 e. The number of nitrogens with one attached hydrogen (secondary N) is 1. The molecule has 1 unspecified atom stereocenters. The van der Waals surface area contributed by atoms with Crippen LogP contribution in [0.4, 0.5) is 0 Å². The first kappa shape index (κ1) is 29.0. The Morgan fingerprint density at radius 3 is 2.46 bits per heavy atom. The van der Waals surface area contributed by atoms with Crippen molar-refractivity contribution in [3.05, 3.63) is 66.8 Å². The van der Waals surface area contributed by atoms with Crippen molar-refractivity contribution in [1.29, 1.82) is 0 Å². The molecule has 11 heteroatoms. The second-order valence-corrected chi connectivity index (χ2v) is 10.6. The standard InChI is InChI=1S/C28H41N5O6/c1-30-13-9-20(16-25(30)34)23-8-10-29-17-24(23)27(36)33(22-6-7-22)19-21-18-31(11-4-14-38-2)28(37)32(26(21)35)12-5-15-39-3/h9,13,16,18,22-24,29H,4-8,10-12,14-15,17,19H2,1-3H3/t23-,24?/m1/s1. The minimum atomic E-state index is -0.359. The second kappa shape index (κ2) is 13.4. The van der Waals surface area contributed by atoms with Gasteiger partial charge >= 0.3 is 5.69 Å². The number of aryl methyl sites for hydroxylation is 2. The van der Waals surface area contributed by atoms with Crippen molar-refractivity contribution in [1.82, 2.24) is 23.9 Å². The largest absolute Gasteiger partial charge is 0.385 e. The normalized spacial score (nSPS) is 19.3. The number of amides is 1. The third-order valence-corrected chi connectivity index (χ3v) is 7.75. The number of methoxy groups -OCH3 is 2. The fourth-order valence-electron chi connectivity index (χ4n) is 5.41.